The Morgan fingerprint density at radius 2 is 2.29 bits per heavy atom. The highest BCUT2D eigenvalue weighted by molar-refractivity contribution is 6.17. The monoisotopic (exact) mass is 255 g/mol. The summed E-state index contributed by atoms with van der Waals surface area (Å²) in [5, 5.41) is 12.2. The Kier molecular flexibility index (Phi) is 5.84. The zero-order chi connectivity index (χ0) is 12.7. The highest BCUT2D eigenvalue weighted by Gasteiger charge is 2.10. The Morgan fingerprint density at radius 1 is 1.53 bits per heavy atom. The highest BCUT2D eigenvalue weighted by atomic mass is 35.5. The van der Waals surface area contributed by atoms with E-state index in [4.69, 9.17) is 11.6 Å². The van der Waals surface area contributed by atoms with E-state index in [1.807, 2.05) is 13.0 Å². The molecule has 0 bridgehead atoms. The summed E-state index contributed by atoms with van der Waals surface area (Å²) >= 11 is 5.66. The van der Waals surface area contributed by atoms with Crippen LogP contribution in [0.3, 0.4) is 0 Å². The maximum absolute atomic E-state index is 11.7. The molecule has 94 valence electrons. The van der Waals surface area contributed by atoms with Gasteiger partial charge in [-0.05, 0) is 30.5 Å². The summed E-state index contributed by atoms with van der Waals surface area (Å²) in [5.41, 5.74) is 0.809. The number of phenolic OH excluding ortho intramolecular Hbond substituents is 1. The maximum atomic E-state index is 11.7. The number of hydrogen-bond donors (Lipinski definition) is 2. The summed E-state index contributed by atoms with van der Waals surface area (Å²) in [6, 6.07) is 6.87. The minimum Gasteiger partial charge on any atom is -0.508 e. The second kappa shape index (κ2) is 7.17. The maximum Gasteiger partial charge on any atom is 0.224 e. The molecule has 17 heavy (non-hydrogen) atoms. The van der Waals surface area contributed by atoms with Crippen molar-refractivity contribution in [2.45, 2.75) is 32.2 Å². The number of aromatic hydroxyl groups is 1. The average Bonchev–Trinajstić information content (AvgIpc) is 2.28. The van der Waals surface area contributed by atoms with E-state index >= 15 is 0 Å². The van der Waals surface area contributed by atoms with Gasteiger partial charge in [0.1, 0.15) is 5.75 Å². The van der Waals surface area contributed by atoms with Crippen LogP contribution in [0.2, 0.25) is 0 Å². The molecule has 0 aliphatic carbocycles. The number of rotatable bonds is 6. The van der Waals surface area contributed by atoms with E-state index in [1.165, 1.54) is 0 Å². The van der Waals surface area contributed by atoms with Crippen molar-refractivity contribution in [2.24, 2.45) is 0 Å². The summed E-state index contributed by atoms with van der Waals surface area (Å²) < 4.78 is 0. The van der Waals surface area contributed by atoms with Crippen molar-refractivity contribution in [2.75, 3.05) is 5.88 Å². The van der Waals surface area contributed by atoms with E-state index in [-0.39, 0.29) is 24.1 Å². The lowest BCUT2D eigenvalue weighted by Crippen LogP contribution is -2.35. The fourth-order valence-electron chi connectivity index (χ4n) is 1.64. The van der Waals surface area contributed by atoms with Gasteiger partial charge >= 0.3 is 0 Å². The van der Waals surface area contributed by atoms with Crippen molar-refractivity contribution in [3.8, 4) is 5.75 Å². The van der Waals surface area contributed by atoms with Gasteiger partial charge in [-0.15, -0.1) is 11.6 Å². The van der Waals surface area contributed by atoms with Gasteiger partial charge < -0.3 is 10.4 Å². The molecule has 1 amide bonds. The summed E-state index contributed by atoms with van der Waals surface area (Å²) in [4.78, 5) is 11.7. The first-order valence-electron chi connectivity index (χ1n) is 5.79. The first-order valence-corrected chi connectivity index (χ1v) is 6.32. The molecule has 0 saturated carbocycles. The molecule has 0 saturated heterocycles. The second-order valence-electron chi connectivity index (χ2n) is 4.00. The molecule has 3 nitrogen and oxygen atoms in total. The van der Waals surface area contributed by atoms with Crippen LogP contribution in [0.4, 0.5) is 0 Å². The van der Waals surface area contributed by atoms with Crippen molar-refractivity contribution in [3.63, 3.8) is 0 Å². The van der Waals surface area contributed by atoms with Gasteiger partial charge in [-0.25, -0.2) is 0 Å². The number of phenols is 1. The van der Waals surface area contributed by atoms with Gasteiger partial charge in [-0.2, -0.15) is 0 Å². The molecule has 0 aliphatic rings. The van der Waals surface area contributed by atoms with Crippen LogP contribution in [0.25, 0.3) is 0 Å². The molecule has 1 aromatic carbocycles. The lowest BCUT2D eigenvalue weighted by molar-refractivity contribution is -0.121. The lowest BCUT2D eigenvalue weighted by atomic mass is 10.1. The predicted molar refractivity (Wildman–Crippen MR) is 69.4 cm³/mol. The highest BCUT2D eigenvalue weighted by Crippen LogP contribution is 2.11. The number of benzene rings is 1. The Bertz CT molecular complexity index is 368. The van der Waals surface area contributed by atoms with Crippen LogP contribution in [0.5, 0.6) is 5.75 Å². The molecule has 0 fully saturated rings. The summed E-state index contributed by atoms with van der Waals surface area (Å²) in [7, 11) is 0. The van der Waals surface area contributed by atoms with Crippen molar-refractivity contribution in [3.05, 3.63) is 29.8 Å². The SMILES string of the molecule is CCC(CCCl)NC(=O)Cc1cccc(O)c1. The van der Waals surface area contributed by atoms with E-state index < -0.39 is 0 Å². The van der Waals surface area contributed by atoms with Crippen LogP contribution in [0, 0.1) is 0 Å². The number of carbonyl (C=O) groups excluding carboxylic acids is 1. The molecule has 1 atom stereocenters. The molecule has 0 spiro atoms. The van der Waals surface area contributed by atoms with Gasteiger partial charge in [-0.3, -0.25) is 4.79 Å². The summed E-state index contributed by atoms with van der Waals surface area (Å²) in [6.45, 7) is 2.02. The molecule has 2 N–H and O–H groups in total. The van der Waals surface area contributed by atoms with E-state index in [2.05, 4.69) is 5.32 Å². The van der Waals surface area contributed by atoms with E-state index in [9.17, 15) is 9.90 Å². The van der Waals surface area contributed by atoms with E-state index in [0.717, 1.165) is 18.4 Å². The van der Waals surface area contributed by atoms with Gasteiger partial charge in [0.25, 0.3) is 0 Å². The molecular weight excluding hydrogens is 238 g/mol. The molecule has 4 heteroatoms. The molecule has 0 heterocycles. The molecule has 1 unspecified atom stereocenters. The zero-order valence-corrected chi connectivity index (χ0v) is 10.7. The van der Waals surface area contributed by atoms with Gasteiger partial charge in [0, 0.05) is 11.9 Å². The molecule has 0 aliphatic heterocycles. The fraction of sp³-hybridized carbons (Fsp3) is 0.462. The van der Waals surface area contributed by atoms with Crippen LogP contribution in [0.15, 0.2) is 24.3 Å². The topological polar surface area (TPSA) is 49.3 Å². The Morgan fingerprint density at radius 3 is 2.88 bits per heavy atom. The van der Waals surface area contributed by atoms with Gasteiger partial charge in [0.2, 0.25) is 5.91 Å². The van der Waals surface area contributed by atoms with Gasteiger partial charge in [-0.1, -0.05) is 19.1 Å². The number of hydrogen-bond acceptors (Lipinski definition) is 2. The van der Waals surface area contributed by atoms with Crippen LogP contribution in [0.1, 0.15) is 25.3 Å². The molecule has 1 aromatic rings. The standard InChI is InChI=1S/C13H18ClNO2/c1-2-11(6-7-14)15-13(17)9-10-4-3-5-12(16)8-10/h3-5,8,11,16H,2,6-7,9H2,1H3,(H,15,17). The van der Waals surface area contributed by atoms with Crippen LogP contribution in [-0.2, 0) is 11.2 Å². The lowest BCUT2D eigenvalue weighted by Gasteiger charge is -2.15. The third-order valence-electron chi connectivity index (χ3n) is 2.59. The summed E-state index contributed by atoms with van der Waals surface area (Å²) in [5.74, 6) is 0.695. The minimum atomic E-state index is -0.0347. The quantitative estimate of drug-likeness (QED) is 0.768. The van der Waals surface area contributed by atoms with E-state index in [1.54, 1.807) is 18.2 Å². The predicted octanol–water partition coefficient (Wildman–Crippen LogP) is 2.46. The minimum absolute atomic E-state index is 0.0347. The number of halogens is 1. The third-order valence-corrected chi connectivity index (χ3v) is 2.81. The van der Waals surface area contributed by atoms with E-state index in [0.29, 0.717) is 5.88 Å². The van der Waals surface area contributed by atoms with Crippen molar-refractivity contribution >= 4 is 17.5 Å². The Balaban J connectivity index is 2.49. The van der Waals surface area contributed by atoms with Crippen LogP contribution >= 0.6 is 11.6 Å². The number of alkyl halides is 1. The first kappa shape index (κ1) is 13.8. The van der Waals surface area contributed by atoms with Gasteiger partial charge in [0.15, 0.2) is 0 Å². The number of nitrogens with one attached hydrogen (secondary N) is 1. The molecule has 0 radical (unpaired) electrons. The Labute approximate surface area is 107 Å². The molecule has 0 aromatic heterocycles. The third kappa shape index (κ3) is 5.09. The number of amides is 1. The second-order valence-corrected chi connectivity index (χ2v) is 4.37. The van der Waals surface area contributed by atoms with Crippen molar-refractivity contribution < 1.29 is 9.90 Å². The Hall–Kier alpha value is -1.22. The van der Waals surface area contributed by atoms with Crippen molar-refractivity contribution in [1.29, 1.82) is 0 Å². The van der Waals surface area contributed by atoms with Crippen LogP contribution in [-0.4, -0.2) is 22.9 Å². The first-order chi connectivity index (χ1) is 8.15. The summed E-state index contributed by atoms with van der Waals surface area (Å²) in [6.07, 6.45) is 1.94. The van der Waals surface area contributed by atoms with Gasteiger partial charge in [0.05, 0.1) is 6.42 Å². The smallest absolute Gasteiger partial charge is 0.224 e. The molecular formula is C13H18ClNO2. The number of carbonyl (C=O) groups is 1. The average molecular weight is 256 g/mol. The largest absolute Gasteiger partial charge is 0.508 e. The zero-order valence-electron chi connectivity index (χ0n) is 9.95. The molecule has 1 rings (SSSR count). The van der Waals surface area contributed by atoms with Crippen molar-refractivity contribution in [1.82, 2.24) is 5.32 Å². The van der Waals surface area contributed by atoms with Crippen LogP contribution < -0.4 is 5.32 Å². The normalized spacial score (nSPS) is 12.1. The fourth-order valence-corrected chi connectivity index (χ4v) is 1.90.